The highest BCUT2D eigenvalue weighted by Gasteiger charge is 2.31. The maximum absolute atomic E-state index is 5.67. The van der Waals surface area contributed by atoms with Crippen molar-refractivity contribution in [3.8, 4) is 5.88 Å². The Balaban J connectivity index is 0.000000720. The van der Waals surface area contributed by atoms with Crippen LogP contribution < -0.4 is 10.5 Å². The summed E-state index contributed by atoms with van der Waals surface area (Å²) in [6.07, 6.45) is 2.31. The summed E-state index contributed by atoms with van der Waals surface area (Å²) in [5, 5.41) is 3.67. The Morgan fingerprint density at radius 3 is 2.67 bits per heavy atom. The van der Waals surface area contributed by atoms with Gasteiger partial charge in [-0.05, 0) is 18.0 Å². The predicted octanol–water partition coefficient (Wildman–Crippen LogP) is 1.56. The number of nitrogens with two attached hydrogens (primary N) is 1. The van der Waals surface area contributed by atoms with Crippen LogP contribution in [-0.2, 0) is 0 Å². The van der Waals surface area contributed by atoms with Gasteiger partial charge in [-0.3, -0.25) is 0 Å². The first kappa shape index (κ1) is 9.19. The van der Waals surface area contributed by atoms with Gasteiger partial charge < -0.3 is 15.0 Å². The molecule has 0 aliphatic heterocycles. The predicted molar refractivity (Wildman–Crippen MR) is 46.7 cm³/mol. The van der Waals surface area contributed by atoms with Gasteiger partial charge in [-0.2, -0.15) is 0 Å². The summed E-state index contributed by atoms with van der Waals surface area (Å²) in [6.45, 7) is 0. The number of anilines is 1. The van der Waals surface area contributed by atoms with E-state index in [4.69, 9.17) is 15.0 Å². The van der Waals surface area contributed by atoms with Crippen LogP contribution in [0.25, 0.3) is 0 Å². The summed E-state index contributed by atoms with van der Waals surface area (Å²) in [5.74, 6) is 1.69. The van der Waals surface area contributed by atoms with Crippen LogP contribution in [0.1, 0.15) is 24.5 Å². The maximum atomic E-state index is 5.67. The van der Waals surface area contributed by atoms with E-state index in [9.17, 15) is 0 Å². The third-order valence-electron chi connectivity index (χ3n) is 1.86. The first-order valence-corrected chi connectivity index (χ1v) is 3.62. The minimum Gasteiger partial charge on any atom is -0.477 e. The number of nitrogens with zero attached hydrogens (tertiary/aromatic N) is 1. The lowest BCUT2D eigenvalue weighted by molar-refractivity contribution is 0.327. The Kier molecular flexibility index (Phi) is 2.47. The fourth-order valence-electron chi connectivity index (χ4n) is 1.08. The van der Waals surface area contributed by atoms with E-state index >= 15 is 0 Å². The summed E-state index contributed by atoms with van der Waals surface area (Å²) < 4.78 is 9.88. The quantitative estimate of drug-likeness (QED) is 0.769. The Hall–Kier alpha value is -0.900. The van der Waals surface area contributed by atoms with Crippen LogP contribution in [0.3, 0.4) is 0 Å². The van der Waals surface area contributed by atoms with E-state index in [1.54, 1.807) is 0 Å². The molecule has 0 saturated heterocycles. The lowest BCUT2D eigenvalue weighted by Gasteiger charge is -1.92. The fourth-order valence-corrected chi connectivity index (χ4v) is 1.08. The van der Waals surface area contributed by atoms with Crippen LogP contribution in [0.5, 0.6) is 5.88 Å². The standard InChI is InChI=1S/C7H10N2O2.ClH/c1-10-7-5(8)6(11-9-7)4-2-3-4;/h4H,2-3,8H2,1H3;1H. The number of methoxy groups -OCH3 is 1. The first-order valence-electron chi connectivity index (χ1n) is 3.62. The number of rotatable bonds is 2. The molecule has 0 radical (unpaired) electrons. The number of nitrogen functional groups attached to an aromatic ring is 1. The lowest BCUT2D eigenvalue weighted by atomic mass is 10.3. The molecular formula is C7H11ClN2O2. The summed E-state index contributed by atoms with van der Waals surface area (Å²) in [5.41, 5.74) is 6.24. The smallest absolute Gasteiger partial charge is 0.277 e. The van der Waals surface area contributed by atoms with E-state index in [-0.39, 0.29) is 12.4 Å². The summed E-state index contributed by atoms with van der Waals surface area (Å²) >= 11 is 0. The molecule has 0 unspecified atom stereocenters. The highest BCUT2D eigenvalue weighted by atomic mass is 35.5. The van der Waals surface area contributed by atoms with Gasteiger partial charge in [-0.15, -0.1) is 12.4 Å². The lowest BCUT2D eigenvalue weighted by Crippen LogP contribution is -1.91. The monoisotopic (exact) mass is 190 g/mol. The van der Waals surface area contributed by atoms with Gasteiger partial charge >= 0.3 is 0 Å². The Morgan fingerprint density at radius 1 is 1.58 bits per heavy atom. The molecular weight excluding hydrogens is 180 g/mol. The molecule has 1 aliphatic carbocycles. The largest absolute Gasteiger partial charge is 0.477 e. The Labute approximate surface area is 76.5 Å². The zero-order valence-corrected chi connectivity index (χ0v) is 7.56. The van der Waals surface area contributed by atoms with Crippen molar-refractivity contribution < 1.29 is 9.26 Å². The van der Waals surface area contributed by atoms with Crippen LogP contribution in [0.15, 0.2) is 4.52 Å². The van der Waals surface area contributed by atoms with Crippen molar-refractivity contribution in [3.05, 3.63) is 5.76 Å². The van der Waals surface area contributed by atoms with Crippen molar-refractivity contribution in [1.29, 1.82) is 0 Å². The molecule has 4 nitrogen and oxygen atoms in total. The van der Waals surface area contributed by atoms with Gasteiger partial charge in [-0.25, -0.2) is 0 Å². The molecule has 1 saturated carbocycles. The highest BCUT2D eigenvalue weighted by Crippen LogP contribution is 2.44. The topological polar surface area (TPSA) is 61.3 Å². The molecule has 0 spiro atoms. The van der Waals surface area contributed by atoms with Crippen molar-refractivity contribution in [2.75, 3.05) is 12.8 Å². The third kappa shape index (κ3) is 1.34. The Morgan fingerprint density at radius 2 is 2.25 bits per heavy atom. The number of aromatic nitrogens is 1. The van der Waals surface area contributed by atoms with Gasteiger partial charge in [-0.1, -0.05) is 0 Å². The second kappa shape index (κ2) is 3.23. The number of hydrogen-bond donors (Lipinski definition) is 1. The van der Waals surface area contributed by atoms with Crippen LogP contribution in [-0.4, -0.2) is 12.3 Å². The van der Waals surface area contributed by atoms with Gasteiger partial charge in [0.15, 0.2) is 5.76 Å². The van der Waals surface area contributed by atoms with Crippen LogP contribution in [0.2, 0.25) is 0 Å². The molecule has 1 aliphatic rings. The van der Waals surface area contributed by atoms with E-state index < -0.39 is 0 Å². The number of hydrogen-bond acceptors (Lipinski definition) is 4. The van der Waals surface area contributed by atoms with Crippen molar-refractivity contribution >= 4 is 18.1 Å². The van der Waals surface area contributed by atoms with E-state index in [1.165, 1.54) is 7.11 Å². The molecule has 0 amide bonds. The molecule has 5 heteroatoms. The maximum Gasteiger partial charge on any atom is 0.277 e. The molecule has 1 heterocycles. The average molecular weight is 191 g/mol. The molecule has 2 N–H and O–H groups in total. The first-order chi connectivity index (χ1) is 5.33. The summed E-state index contributed by atoms with van der Waals surface area (Å²) in [6, 6.07) is 0. The molecule has 0 atom stereocenters. The summed E-state index contributed by atoms with van der Waals surface area (Å²) in [4.78, 5) is 0. The van der Waals surface area contributed by atoms with Crippen LogP contribution in [0.4, 0.5) is 5.69 Å². The molecule has 2 rings (SSSR count). The minimum atomic E-state index is 0. The van der Waals surface area contributed by atoms with Gasteiger partial charge in [0.1, 0.15) is 5.69 Å². The van der Waals surface area contributed by atoms with Gasteiger partial charge in [0.25, 0.3) is 5.88 Å². The second-order valence-corrected chi connectivity index (χ2v) is 2.74. The van der Waals surface area contributed by atoms with Crippen molar-refractivity contribution in [1.82, 2.24) is 5.16 Å². The zero-order valence-electron chi connectivity index (χ0n) is 6.74. The van der Waals surface area contributed by atoms with Crippen LogP contribution >= 0.6 is 12.4 Å². The SMILES string of the molecule is COc1noc(C2CC2)c1N.Cl. The van der Waals surface area contributed by atoms with E-state index in [2.05, 4.69) is 5.16 Å². The fraction of sp³-hybridized carbons (Fsp3) is 0.571. The third-order valence-corrected chi connectivity index (χ3v) is 1.86. The van der Waals surface area contributed by atoms with Crippen LogP contribution in [0, 0.1) is 0 Å². The molecule has 1 aromatic rings. The highest BCUT2D eigenvalue weighted by molar-refractivity contribution is 5.85. The molecule has 1 fully saturated rings. The second-order valence-electron chi connectivity index (χ2n) is 2.74. The molecule has 0 aromatic carbocycles. The normalized spacial score (nSPS) is 15.4. The molecule has 0 bridgehead atoms. The molecule has 68 valence electrons. The van der Waals surface area contributed by atoms with E-state index in [1.807, 2.05) is 0 Å². The zero-order chi connectivity index (χ0) is 7.84. The van der Waals surface area contributed by atoms with Gasteiger partial charge in [0, 0.05) is 5.92 Å². The number of halogens is 1. The number of ether oxygens (including phenoxy) is 1. The van der Waals surface area contributed by atoms with E-state index in [0.717, 1.165) is 18.6 Å². The average Bonchev–Trinajstić information content (AvgIpc) is 2.77. The summed E-state index contributed by atoms with van der Waals surface area (Å²) in [7, 11) is 1.53. The van der Waals surface area contributed by atoms with Crippen molar-refractivity contribution in [3.63, 3.8) is 0 Å². The van der Waals surface area contributed by atoms with Gasteiger partial charge in [0.05, 0.1) is 7.11 Å². The van der Waals surface area contributed by atoms with Crippen molar-refractivity contribution in [2.24, 2.45) is 0 Å². The molecule has 1 aromatic heterocycles. The van der Waals surface area contributed by atoms with E-state index in [0.29, 0.717) is 17.5 Å². The van der Waals surface area contributed by atoms with Gasteiger partial charge in [0.2, 0.25) is 0 Å². The van der Waals surface area contributed by atoms with Crippen molar-refractivity contribution in [2.45, 2.75) is 18.8 Å². The Bertz CT molecular complexity index is 270. The molecule has 12 heavy (non-hydrogen) atoms. The minimum absolute atomic E-state index is 0.